The van der Waals surface area contributed by atoms with Crippen molar-refractivity contribution in [2.45, 2.75) is 25.3 Å². The summed E-state index contributed by atoms with van der Waals surface area (Å²) >= 11 is 0. The van der Waals surface area contributed by atoms with Crippen LogP contribution in [0, 0.1) is 10.1 Å². The Hall–Kier alpha value is -3.03. The average Bonchev–Trinajstić information content (AvgIpc) is 3.24. The molecule has 2 heterocycles. The van der Waals surface area contributed by atoms with Gasteiger partial charge in [0.1, 0.15) is 6.54 Å². The molecule has 1 N–H and O–H groups in total. The number of benzene rings is 1. The lowest BCUT2D eigenvalue weighted by Gasteiger charge is -2.28. The first kappa shape index (κ1) is 23.6. The van der Waals surface area contributed by atoms with Gasteiger partial charge in [-0.05, 0) is 37.0 Å². The molecule has 0 radical (unpaired) electrons. The Morgan fingerprint density at radius 2 is 1.94 bits per heavy atom. The van der Waals surface area contributed by atoms with Crippen molar-refractivity contribution >= 4 is 33.1 Å². The van der Waals surface area contributed by atoms with E-state index in [0.29, 0.717) is 37.7 Å². The lowest BCUT2D eigenvalue weighted by atomic mass is 10.2. The number of carbonyl (C=O) groups is 1. The number of amides is 1. The van der Waals surface area contributed by atoms with Crippen molar-refractivity contribution in [3.05, 3.63) is 40.6 Å². The average molecular weight is 467 g/mol. The Morgan fingerprint density at radius 3 is 2.53 bits per heavy atom. The second-order valence-corrected chi connectivity index (χ2v) is 8.98. The van der Waals surface area contributed by atoms with E-state index in [1.165, 1.54) is 28.7 Å². The van der Waals surface area contributed by atoms with Crippen LogP contribution < -0.4 is 10.2 Å². The topological polar surface area (TPSA) is 140 Å². The summed E-state index contributed by atoms with van der Waals surface area (Å²) in [6.07, 6.45) is 1.34. The van der Waals surface area contributed by atoms with Crippen molar-refractivity contribution in [1.29, 1.82) is 0 Å². The Kier molecular flexibility index (Phi) is 7.43. The maximum Gasteiger partial charge on any atom is 0.389 e. The number of nitrogens with one attached hydrogen (secondary N) is 1. The van der Waals surface area contributed by atoms with Crippen LogP contribution >= 0.6 is 0 Å². The number of nitro groups is 1. The molecule has 0 bridgehead atoms. The molecule has 32 heavy (non-hydrogen) atoms. The van der Waals surface area contributed by atoms with Gasteiger partial charge in [0.2, 0.25) is 15.9 Å². The van der Waals surface area contributed by atoms with Crippen LogP contribution in [-0.2, 0) is 26.1 Å². The van der Waals surface area contributed by atoms with E-state index in [9.17, 15) is 23.3 Å². The van der Waals surface area contributed by atoms with Gasteiger partial charge in [0.05, 0.1) is 46.8 Å². The third-order valence-corrected chi connectivity index (χ3v) is 6.97. The largest absolute Gasteiger partial charge is 0.389 e. The third kappa shape index (κ3) is 5.23. The summed E-state index contributed by atoms with van der Waals surface area (Å²) < 4.78 is 33.9. The van der Waals surface area contributed by atoms with Crippen LogP contribution in [0.1, 0.15) is 13.8 Å². The molecule has 0 aliphatic carbocycles. The monoisotopic (exact) mass is 466 g/mol. The number of morpholine rings is 1. The molecule has 1 amide bonds. The highest BCUT2D eigenvalue weighted by Gasteiger charge is 2.27. The van der Waals surface area contributed by atoms with Crippen LogP contribution in [-0.4, -0.2) is 72.7 Å². The van der Waals surface area contributed by atoms with E-state index in [1.54, 1.807) is 6.07 Å². The van der Waals surface area contributed by atoms with Gasteiger partial charge in [-0.25, -0.2) is 8.42 Å². The van der Waals surface area contributed by atoms with Crippen molar-refractivity contribution in [2.24, 2.45) is 0 Å². The predicted octanol–water partition coefficient (Wildman–Crippen LogP) is 1.30. The number of nitrogens with zero attached hydrogens (tertiary/aromatic N) is 5. The minimum atomic E-state index is -3.75. The lowest BCUT2D eigenvalue weighted by molar-refractivity contribution is -0.389. The van der Waals surface area contributed by atoms with Crippen molar-refractivity contribution in [2.75, 3.05) is 49.6 Å². The molecule has 1 aromatic heterocycles. The highest BCUT2D eigenvalue weighted by Crippen LogP contribution is 2.30. The first-order valence-electron chi connectivity index (χ1n) is 10.2. The maximum atomic E-state index is 13.1. The summed E-state index contributed by atoms with van der Waals surface area (Å²) in [6.45, 7) is 6.14. The fourth-order valence-electron chi connectivity index (χ4n) is 3.43. The normalized spacial score (nSPS) is 14.8. The van der Waals surface area contributed by atoms with Crippen LogP contribution in [0.5, 0.6) is 0 Å². The molecule has 12 nitrogen and oxygen atoms in total. The number of sulfonamides is 1. The van der Waals surface area contributed by atoms with Crippen LogP contribution in [0.15, 0.2) is 35.4 Å². The van der Waals surface area contributed by atoms with Gasteiger partial charge in [-0.1, -0.05) is 0 Å². The SMILES string of the molecule is CCN(CC)c1ccc(S(=O)(=O)N2CCOCC2)cc1NC(=O)Cn1ccc([N+](=O)[O-])n1. The minimum absolute atomic E-state index is 0.0698. The molecule has 0 atom stereocenters. The van der Waals surface area contributed by atoms with Gasteiger partial charge in [-0.15, -0.1) is 0 Å². The number of aromatic nitrogens is 2. The molecule has 1 saturated heterocycles. The molecule has 3 rings (SSSR count). The van der Waals surface area contributed by atoms with Crippen LogP contribution in [0.4, 0.5) is 17.2 Å². The summed E-state index contributed by atoms with van der Waals surface area (Å²) in [5.74, 6) is -0.849. The third-order valence-electron chi connectivity index (χ3n) is 5.07. The van der Waals surface area contributed by atoms with Crippen LogP contribution in [0.2, 0.25) is 0 Å². The second kappa shape index (κ2) is 10.1. The number of anilines is 2. The maximum absolute atomic E-state index is 13.1. The highest BCUT2D eigenvalue weighted by atomic mass is 32.2. The quantitative estimate of drug-likeness (QED) is 0.431. The number of hydrogen-bond donors (Lipinski definition) is 1. The fourth-order valence-corrected chi connectivity index (χ4v) is 4.86. The lowest BCUT2D eigenvalue weighted by Crippen LogP contribution is -2.40. The predicted molar refractivity (Wildman–Crippen MR) is 117 cm³/mol. The Labute approximate surface area is 185 Å². The number of hydrogen-bond acceptors (Lipinski definition) is 8. The molecule has 1 aliphatic heterocycles. The Bertz CT molecular complexity index is 1080. The van der Waals surface area contributed by atoms with Crippen LogP contribution in [0.25, 0.3) is 0 Å². The van der Waals surface area contributed by atoms with Crippen molar-refractivity contribution < 1.29 is 22.9 Å². The Balaban J connectivity index is 1.89. The molecular weight excluding hydrogens is 440 g/mol. The van der Waals surface area contributed by atoms with Gasteiger partial charge in [-0.3, -0.25) is 4.79 Å². The minimum Gasteiger partial charge on any atom is -0.379 e. The van der Waals surface area contributed by atoms with Crippen LogP contribution in [0.3, 0.4) is 0 Å². The van der Waals surface area contributed by atoms with Gasteiger partial charge in [0.25, 0.3) is 0 Å². The summed E-state index contributed by atoms with van der Waals surface area (Å²) in [6, 6.07) is 5.85. The first-order chi connectivity index (χ1) is 15.3. The van der Waals surface area contributed by atoms with Gasteiger partial charge in [0, 0.05) is 26.2 Å². The highest BCUT2D eigenvalue weighted by molar-refractivity contribution is 7.89. The fraction of sp³-hybridized carbons (Fsp3) is 0.474. The van der Waals surface area contributed by atoms with Gasteiger partial charge in [0.15, 0.2) is 0 Å². The molecule has 1 aromatic carbocycles. The summed E-state index contributed by atoms with van der Waals surface area (Å²) in [7, 11) is -3.75. The molecule has 0 spiro atoms. The Morgan fingerprint density at radius 1 is 1.25 bits per heavy atom. The smallest absolute Gasteiger partial charge is 0.379 e. The number of ether oxygens (including phenoxy) is 1. The van der Waals surface area contributed by atoms with E-state index in [4.69, 9.17) is 4.74 Å². The van der Waals surface area contributed by atoms with E-state index in [-0.39, 0.29) is 30.3 Å². The molecule has 1 aliphatic rings. The number of carbonyl (C=O) groups excluding carboxylic acids is 1. The van der Waals surface area contributed by atoms with Crippen molar-refractivity contribution in [3.8, 4) is 0 Å². The van der Waals surface area contributed by atoms with Gasteiger partial charge < -0.3 is 25.1 Å². The summed E-state index contributed by atoms with van der Waals surface area (Å²) in [5, 5.41) is 17.3. The van der Waals surface area contributed by atoms with Crippen molar-refractivity contribution in [3.63, 3.8) is 0 Å². The molecule has 174 valence electrons. The summed E-state index contributed by atoms with van der Waals surface area (Å²) in [4.78, 5) is 24.8. The zero-order valence-electron chi connectivity index (χ0n) is 17.9. The molecule has 0 unspecified atom stereocenters. The second-order valence-electron chi connectivity index (χ2n) is 7.04. The number of rotatable bonds is 9. The molecular formula is C19H26N6O6S. The van der Waals surface area contributed by atoms with Gasteiger partial charge >= 0.3 is 5.82 Å². The van der Waals surface area contributed by atoms with Crippen molar-refractivity contribution in [1.82, 2.24) is 14.1 Å². The zero-order valence-corrected chi connectivity index (χ0v) is 18.7. The van der Waals surface area contributed by atoms with E-state index in [0.717, 1.165) is 4.68 Å². The first-order valence-corrected chi connectivity index (χ1v) is 11.6. The molecule has 2 aromatic rings. The molecule has 1 fully saturated rings. The standard InChI is InChI=1S/C19H26N6O6S/c1-3-22(4-2)17-6-5-15(32(29,30)24-9-11-31-12-10-24)13-16(17)20-19(26)14-23-8-7-18(21-23)25(27)28/h5-8,13H,3-4,9-12,14H2,1-2H3,(H,20,26). The van der Waals surface area contributed by atoms with E-state index in [1.807, 2.05) is 18.7 Å². The zero-order chi connectivity index (χ0) is 23.3. The van der Waals surface area contributed by atoms with Gasteiger partial charge in [-0.2, -0.15) is 8.99 Å². The summed E-state index contributed by atoms with van der Waals surface area (Å²) in [5.41, 5.74) is 1.02. The van der Waals surface area contributed by atoms with E-state index < -0.39 is 20.9 Å². The van der Waals surface area contributed by atoms with E-state index >= 15 is 0 Å². The molecule has 0 saturated carbocycles. The molecule has 13 heteroatoms. The van der Waals surface area contributed by atoms with E-state index in [2.05, 4.69) is 10.4 Å².